The molecule has 2 aromatic carbocycles. The van der Waals surface area contributed by atoms with E-state index in [2.05, 4.69) is 15.8 Å². The molecule has 0 spiro atoms. The maximum Gasteiger partial charge on any atom is 0.288 e. The van der Waals surface area contributed by atoms with E-state index in [1.54, 1.807) is 42.7 Å². The molecule has 0 radical (unpaired) electrons. The minimum atomic E-state index is -1.11. The smallest absolute Gasteiger partial charge is 0.267 e. The Morgan fingerprint density at radius 1 is 0.880 bits per heavy atom. The molecule has 0 bridgehead atoms. The first kappa shape index (κ1) is 16.8. The summed E-state index contributed by atoms with van der Waals surface area (Å²) in [5, 5.41) is 0.927. The molecule has 0 saturated carbocycles. The number of pyridine rings is 1. The number of benzene rings is 2. The van der Waals surface area contributed by atoms with Crippen LogP contribution in [0.1, 0.15) is 20.8 Å². The van der Waals surface area contributed by atoms with Gasteiger partial charge in [-0.05, 0) is 36.4 Å². The lowest BCUT2D eigenvalue weighted by molar-refractivity contribution is 0.0844. The zero-order valence-corrected chi connectivity index (χ0v) is 14.2. The summed E-state index contributed by atoms with van der Waals surface area (Å²) >= 11 is 0. The van der Waals surface area contributed by atoms with E-state index in [1.165, 1.54) is 0 Å². The highest BCUT2D eigenvalue weighted by molar-refractivity contribution is 7.84. The lowest BCUT2D eigenvalue weighted by atomic mass is 10.2. The molecule has 0 aliphatic carbocycles. The monoisotopic (exact) mass is 353 g/mol. The number of nitrogens with one attached hydrogen (secondary N) is 2. The lowest BCUT2D eigenvalue weighted by Gasteiger charge is -2.08. The fourth-order valence-electron chi connectivity index (χ4n) is 2.24. The Balaban J connectivity index is 1.66. The Kier molecular flexibility index (Phi) is 4.85. The van der Waals surface area contributed by atoms with E-state index in [0.29, 0.717) is 16.0 Å². The van der Waals surface area contributed by atoms with E-state index in [1.807, 2.05) is 24.3 Å². The average molecular weight is 353 g/mol. The van der Waals surface area contributed by atoms with Crippen molar-refractivity contribution < 1.29 is 13.8 Å². The van der Waals surface area contributed by atoms with Gasteiger partial charge < -0.3 is 0 Å². The fraction of sp³-hybridized carbons (Fsp3) is 0.0556. The van der Waals surface area contributed by atoms with Gasteiger partial charge >= 0.3 is 0 Å². The van der Waals surface area contributed by atoms with Crippen LogP contribution in [-0.2, 0) is 10.8 Å². The van der Waals surface area contributed by atoms with E-state index in [9.17, 15) is 13.8 Å². The van der Waals surface area contributed by atoms with Crippen LogP contribution in [0.4, 0.5) is 0 Å². The number of carbonyl (C=O) groups is 2. The molecule has 0 aliphatic rings. The van der Waals surface area contributed by atoms with Gasteiger partial charge in [0.2, 0.25) is 0 Å². The Morgan fingerprint density at radius 3 is 2.28 bits per heavy atom. The first-order chi connectivity index (χ1) is 12.0. The van der Waals surface area contributed by atoms with Crippen molar-refractivity contribution in [3.63, 3.8) is 0 Å². The van der Waals surface area contributed by atoms with Gasteiger partial charge in [0.05, 0.1) is 5.52 Å². The highest BCUT2D eigenvalue weighted by Gasteiger charge is 2.11. The van der Waals surface area contributed by atoms with Gasteiger partial charge in [-0.25, -0.2) is 4.98 Å². The van der Waals surface area contributed by atoms with Crippen LogP contribution in [0.15, 0.2) is 65.6 Å². The van der Waals surface area contributed by atoms with Gasteiger partial charge in [-0.2, -0.15) is 0 Å². The van der Waals surface area contributed by atoms with Crippen molar-refractivity contribution in [2.75, 3.05) is 6.26 Å². The van der Waals surface area contributed by atoms with Gasteiger partial charge in [-0.15, -0.1) is 0 Å². The Labute approximate surface area is 146 Å². The predicted molar refractivity (Wildman–Crippen MR) is 95.4 cm³/mol. The molecule has 25 heavy (non-hydrogen) atoms. The predicted octanol–water partition coefficient (Wildman–Crippen LogP) is 2.05. The molecule has 3 rings (SSSR count). The van der Waals surface area contributed by atoms with Crippen LogP contribution < -0.4 is 10.9 Å². The van der Waals surface area contributed by atoms with Crippen molar-refractivity contribution in [2.45, 2.75) is 4.90 Å². The number of aromatic nitrogens is 1. The van der Waals surface area contributed by atoms with E-state index < -0.39 is 22.6 Å². The van der Waals surface area contributed by atoms with Crippen molar-refractivity contribution >= 4 is 33.5 Å². The van der Waals surface area contributed by atoms with Crippen LogP contribution in [0.2, 0.25) is 0 Å². The van der Waals surface area contributed by atoms with Crippen LogP contribution in [0.3, 0.4) is 0 Å². The first-order valence-electron chi connectivity index (χ1n) is 7.44. The van der Waals surface area contributed by atoms with Crippen LogP contribution in [0, 0.1) is 0 Å². The van der Waals surface area contributed by atoms with Crippen molar-refractivity contribution in [3.05, 3.63) is 71.9 Å². The second-order valence-corrected chi connectivity index (χ2v) is 6.66. The number of rotatable bonds is 3. The number of fused-ring (bicyclic) bond motifs is 1. The molecule has 126 valence electrons. The fourth-order valence-corrected chi connectivity index (χ4v) is 2.76. The summed E-state index contributed by atoms with van der Waals surface area (Å²) in [6.07, 6.45) is 1.56. The summed E-state index contributed by atoms with van der Waals surface area (Å²) in [4.78, 5) is 29.1. The van der Waals surface area contributed by atoms with Crippen LogP contribution in [0.5, 0.6) is 0 Å². The zero-order chi connectivity index (χ0) is 17.8. The second-order valence-electron chi connectivity index (χ2n) is 5.28. The normalized spacial score (nSPS) is 11.7. The van der Waals surface area contributed by atoms with Gasteiger partial charge in [-0.1, -0.05) is 24.3 Å². The molecule has 2 N–H and O–H groups in total. The quantitative estimate of drug-likeness (QED) is 0.706. The summed E-state index contributed by atoms with van der Waals surface area (Å²) < 4.78 is 11.3. The highest BCUT2D eigenvalue weighted by Crippen LogP contribution is 2.11. The highest BCUT2D eigenvalue weighted by atomic mass is 32.2. The summed E-state index contributed by atoms with van der Waals surface area (Å²) in [5.41, 5.74) is 5.93. The molecule has 0 saturated heterocycles. The van der Waals surface area contributed by atoms with E-state index in [-0.39, 0.29) is 5.69 Å². The topological polar surface area (TPSA) is 88.2 Å². The number of hydrogen-bond donors (Lipinski definition) is 2. The third kappa shape index (κ3) is 3.89. The zero-order valence-electron chi connectivity index (χ0n) is 13.4. The molecule has 2 amide bonds. The van der Waals surface area contributed by atoms with Gasteiger partial charge in [0.15, 0.2) is 0 Å². The molecule has 6 nitrogen and oxygen atoms in total. The number of para-hydroxylation sites is 1. The van der Waals surface area contributed by atoms with E-state index in [4.69, 9.17) is 0 Å². The number of nitrogens with zero attached hydrogens (tertiary/aromatic N) is 1. The minimum Gasteiger partial charge on any atom is -0.267 e. The molecule has 7 heteroatoms. The molecular weight excluding hydrogens is 338 g/mol. The summed E-state index contributed by atoms with van der Waals surface area (Å²) in [5.74, 6) is -0.979. The van der Waals surface area contributed by atoms with Gasteiger partial charge in [0.25, 0.3) is 11.8 Å². The Morgan fingerprint density at radius 2 is 1.56 bits per heavy atom. The van der Waals surface area contributed by atoms with Gasteiger partial charge in [0, 0.05) is 32.9 Å². The standard InChI is InChI=1S/C18H15N3O3S/c1-25(24)14-9-6-13(7-10-14)17(22)20-21-18(23)16-11-8-12-4-2-3-5-15(12)19-16/h2-11H,1H3,(H,20,22)(H,21,23). The molecule has 1 unspecified atom stereocenters. The van der Waals surface area contributed by atoms with E-state index >= 15 is 0 Å². The number of amides is 2. The van der Waals surface area contributed by atoms with E-state index in [0.717, 1.165) is 5.39 Å². The SMILES string of the molecule is CS(=O)c1ccc(C(=O)NNC(=O)c2ccc3ccccc3n2)cc1. The average Bonchev–Trinajstić information content (AvgIpc) is 2.65. The molecule has 0 fully saturated rings. The first-order valence-corrected chi connectivity index (χ1v) is 9.00. The maximum atomic E-state index is 12.1. The molecule has 3 aromatic rings. The van der Waals surface area contributed by atoms with Gasteiger partial charge in [-0.3, -0.25) is 24.6 Å². The summed E-state index contributed by atoms with van der Waals surface area (Å²) in [7, 11) is -1.11. The molecule has 0 aliphatic heterocycles. The molecule has 1 aromatic heterocycles. The molecular formula is C18H15N3O3S. The van der Waals surface area contributed by atoms with Crippen molar-refractivity contribution in [1.29, 1.82) is 0 Å². The van der Waals surface area contributed by atoms with Gasteiger partial charge in [0.1, 0.15) is 5.69 Å². The number of hydrogen-bond acceptors (Lipinski definition) is 4. The van der Waals surface area contributed by atoms with Crippen molar-refractivity contribution in [2.24, 2.45) is 0 Å². The third-order valence-corrected chi connectivity index (χ3v) is 4.51. The largest absolute Gasteiger partial charge is 0.288 e. The van der Waals surface area contributed by atoms with Crippen molar-refractivity contribution in [3.8, 4) is 0 Å². The molecule has 1 atom stereocenters. The summed E-state index contributed by atoms with van der Waals surface area (Å²) in [6, 6.07) is 17.1. The lowest BCUT2D eigenvalue weighted by Crippen LogP contribution is -2.41. The van der Waals surface area contributed by atoms with Crippen molar-refractivity contribution in [1.82, 2.24) is 15.8 Å². The maximum absolute atomic E-state index is 12.1. The summed E-state index contributed by atoms with van der Waals surface area (Å²) in [6.45, 7) is 0. The third-order valence-electron chi connectivity index (χ3n) is 3.57. The number of hydrazine groups is 1. The number of carbonyl (C=O) groups excluding carboxylic acids is 2. The van der Waals surface area contributed by atoms with Crippen LogP contribution in [-0.4, -0.2) is 27.3 Å². The van der Waals surface area contributed by atoms with Crippen LogP contribution in [0.25, 0.3) is 10.9 Å². The Hall–Kier alpha value is -3.06. The minimum absolute atomic E-state index is 0.204. The second kappa shape index (κ2) is 7.23. The molecule has 1 heterocycles. The Bertz CT molecular complexity index is 971. The van der Waals surface area contributed by atoms with Crippen LogP contribution >= 0.6 is 0 Å².